The molecule has 1 atom stereocenters. The number of carbonyl (C=O) groups excluding carboxylic acids is 1. The molecule has 19 heavy (non-hydrogen) atoms. The highest BCUT2D eigenvalue weighted by Gasteiger charge is 2.24. The highest BCUT2D eigenvalue weighted by Crippen LogP contribution is 2.28. The van der Waals surface area contributed by atoms with Crippen LogP contribution in [0.2, 0.25) is 0 Å². The number of carbonyl (C=O) groups is 1. The number of nitrogens with zero attached hydrogens (tertiary/aromatic N) is 1. The first kappa shape index (κ1) is 14.5. The van der Waals surface area contributed by atoms with Gasteiger partial charge in [-0.1, -0.05) is 0 Å². The van der Waals surface area contributed by atoms with Crippen LogP contribution < -0.4 is 11.1 Å². The van der Waals surface area contributed by atoms with Gasteiger partial charge >= 0.3 is 0 Å². The molecule has 0 aromatic heterocycles. The van der Waals surface area contributed by atoms with Gasteiger partial charge in [0.2, 0.25) is 5.91 Å². The van der Waals surface area contributed by atoms with Crippen molar-refractivity contribution in [3.63, 3.8) is 0 Å². The number of nitro groups is 1. The standard InChI is InChI=1S/C11H9F2N3O3/c1-2-3-8(14)11(17)15-10-7(13)4-6(12)5-9(10)16(18)19/h1,4-5,8H,3,14H2,(H,15,17). The number of nitrogens with two attached hydrogens (primary N) is 1. The summed E-state index contributed by atoms with van der Waals surface area (Å²) in [5, 5.41) is 12.6. The molecule has 0 radical (unpaired) electrons. The molecule has 0 saturated heterocycles. The van der Waals surface area contributed by atoms with Crippen LogP contribution >= 0.6 is 0 Å². The van der Waals surface area contributed by atoms with Crippen molar-refractivity contribution in [2.45, 2.75) is 12.5 Å². The molecule has 1 rings (SSSR count). The Kier molecular flexibility index (Phi) is 4.50. The molecule has 8 heteroatoms. The first-order chi connectivity index (χ1) is 8.86. The number of amides is 1. The average Bonchev–Trinajstić information content (AvgIpc) is 2.32. The van der Waals surface area contributed by atoms with Crippen molar-refractivity contribution in [2.75, 3.05) is 5.32 Å². The molecule has 0 aliphatic carbocycles. The van der Waals surface area contributed by atoms with Crippen molar-refractivity contribution >= 4 is 17.3 Å². The minimum atomic E-state index is -1.27. The zero-order chi connectivity index (χ0) is 14.6. The number of benzene rings is 1. The van der Waals surface area contributed by atoms with E-state index in [2.05, 4.69) is 5.92 Å². The quantitative estimate of drug-likeness (QED) is 0.487. The lowest BCUT2D eigenvalue weighted by molar-refractivity contribution is -0.384. The highest BCUT2D eigenvalue weighted by molar-refractivity contribution is 5.96. The van der Waals surface area contributed by atoms with Crippen LogP contribution in [-0.4, -0.2) is 16.9 Å². The van der Waals surface area contributed by atoms with Crippen LogP contribution in [0.4, 0.5) is 20.2 Å². The number of nitro benzene ring substituents is 1. The van der Waals surface area contributed by atoms with E-state index in [9.17, 15) is 23.7 Å². The maximum absolute atomic E-state index is 13.4. The highest BCUT2D eigenvalue weighted by atomic mass is 19.1. The third kappa shape index (κ3) is 3.46. The van der Waals surface area contributed by atoms with Crippen molar-refractivity contribution in [1.29, 1.82) is 0 Å². The van der Waals surface area contributed by atoms with Crippen molar-refractivity contribution in [3.8, 4) is 12.3 Å². The van der Waals surface area contributed by atoms with Crippen LogP contribution in [0.15, 0.2) is 12.1 Å². The third-order valence-corrected chi connectivity index (χ3v) is 2.15. The molecule has 0 heterocycles. The Morgan fingerprint density at radius 3 is 2.74 bits per heavy atom. The Labute approximate surface area is 106 Å². The van der Waals surface area contributed by atoms with E-state index in [0.717, 1.165) is 0 Å². The normalized spacial score (nSPS) is 11.5. The summed E-state index contributed by atoms with van der Waals surface area (Å²) in [5.41, 5.74) is 3.71. The fourth-order valence-corrected chi connectivity index (χ4v) is 1.26. The molecule has 1 unspecified atom stereocenters. The second-order valence-electron chi connectivity index (χ2n) is 3.54. The zero-order valence-corrected chi connectivity index (χ0v) is 9.52. The van der Waals surface area contributed by atoms with Crippen molar-refractivity contribution in [1.82, 2.24) is 0 Å². The first-order valence-electron chi connectivity index (χ1n) is 5.00. The van der Waals surface area contributed by atoms with Gasteiger partial charge in [-0.15, -0.1) is 12.3 Å². The van der Waals surface area contributed by atoms with E-state index in [1.807, 2.05) is 5.32 Å². The lowest BCUT2D eigenvalue weighted by Crippen LogP contribution is -2.35. The van der Waals surface area contributed by atoms with Crippen molar-refractivity contribution < 1.29 is 18.5 Å². The predicted octanol–water partition coefficient (Wildman–Crippen LogP) is 1.16. The lowest BCUT2D eigenvalue weighted by Gasteiger charge is -2.10. The van der Waals surface area contributed by atoms with Crippen LogP contribution in [0.25, 0.3) is 0 Å². The molecule has 0 spiro atoms. The van der Waals surface area contributed by atoms with Gasteiger partial charge < -0.3 is 11.1 Å². The summed E-state index contributed by atoms with van der Waals surface area (Å²) in [5.74, 6) is -1.17. The number of halogens is 2. The predicted molar refractivity (Wildman–Crippen MR) is 63.1 cm³/mol. The van der Waals surface area contributed by atoms with Crippen molar-refractivity contribution in [3.05, 3.63) is 33.9 Å². The lowest BCUT2D eigenvalue weighted by atomic mass is 10.2. The van der Waals surface area contributed by atoms with Gasteiger partial charge in [-0.2, -0.15) is 0 Å². The number of rotatable bonds is 4. The molecule has 1 amide bonds. The summed E-state index contributed by atoms with van der Waals surface area (Å²) in [6, 6.07) is -0.241. The summed E-state index contributed by atoms with van der Waals surface area (Å²) in [6.07, 6.45) is 4.82. The molecule has 1 aromatic carbocycles. The zero-order valence-electron chi connectivity index (χ0n) is 9.52. The van der Waals surface area contributed by atoms with E-state index in [1.54, 1.807) is 0 Å². The fourth-order valence-electron chi connectivity index (χ4n) is 1.26. The van der Waals surface area contributed by atoms with Crippen LogP contribution in [0.1, 0.15) is 6.42 Å². The van der Waals surface area contributed by atoms with Crippen molar-refractivity contribution in [2.24, 2.45) is 5.73 Å². The van der Waals surface area contributed by atoms with E-state index in [0.29, 0.717) is 12.1 Å². The van der Waals surface area contributed by atoms with Gasteiger partial charge in [0.05, 0.1) is 17.0 Å². The monoisotopic (exact) mass is 269 g/mol. The van der Waals surface area contributed by atoms with Crippen LogP contribution in [-0.2, 0) is 4.79 Å². The molecule has 6 nitrogen and oxygen atoms in total. The van der Waals surface area contributed by atoms with Gasteiger partial charge in [0, 0.05) is 12.5 Å². The molecule has 0 fully saturated rings. The topological polar surface area (TPSA) is 98.3 Å². The van der Waals surface area contributed by atoms with Crippen LogP contribution in [0.5, 0.6) is 0 Å². The van der Waals surface area contributed by atoms with Gasteiger partial charge in [0.15, 0.2) is 11.5 Å². The molecule has 0 aliphatic rings. The van der Waals surface area contributed by atoms with Gasteiger partial charge in [0.1, 0.15) is 5.82 Å². The number of hydrogen-bond acceptors (Lipinski definition) is 4. The van der Waals surface area contributed by atoms with Gasteiger partial charge in [0.25, 0.3) is 5.69 Å². The number of nitrogens with one attached hydrogen (secondary N) is 1. The Morgan fingerprint density at radius 2 is 2.21 bits per heavy atom. The summed E-state index contributed by atoms with van der Waals surface area (Å²) in [6.45, 7) is 0. The average molecular weight is 269 g/mol. The maximum Gasteiger partial charge on any atom is 0.298 e. The molecule has 3 N–H and O–H groups in total. The molecule has 0 aliphatic heterocycles. The van der Waals surface area contributed by atoms with E-state index in [1.165, 1.54) is 0 Å². The smallest absolute Gasteiger partial charge is 0.298 e. The molecular weight excluding hydrogens is 260 g/mol. The molecule has 0 saturated carbocycles. The second-order valence-corrected chi connectivity index (χ2v) is 3.54. The first-order valence-corrected chi connectivity index (χ1v) is 5.00. The van der Waals surface area contributed by atoms with E-state index in [-0.39, 0.29) is 6.42 Å². The number of hydrogen-bond donors (Lipinski definition) is 2. The maximum atomic E-state index is 13.4. The molecule has 1 aromatic rings. The number of terminal acetylenes is 1. The summed E-state index contributed by atoms with van der Waals surface area (Å²) < 4.78 is 26.3. The van der Waals surface area contributed by atoms with E-state index >= 15 is 0 Å². The Balaban J connectivity index is 3.11. The van der Waals surface area contributed by atoms with E-state index < -0.39 is 39.9 Å². The van der Waals surface area contributed by atoms with Crippen LogP contribution in [0, 0.1) is 34.1 Å². The molecular formula is C11H9F2N3O3. The second kappa shape index (κ2) is 5.88. The fraction of sp³-hybridized carbons (Fsp3) is 0.182. The number of anilines is 1. The van der Waals surface area contributed by atoms with Gasteiger partial charge in [-0.05, 0) is 0 Å². The summed E-state index contributed by atoms with van der Waals surface area (Å²) >= 11 is 0. The molecule has 100 valence electrons. The minimum Gasteiger partial charge on any atom is -0.319 e. The van der Waals surface area contributed by atoms with Gasteiger partial charge in [-0.3, -0.25) is 14.9 Å². The third-order valence-electron chi connectivity index (χ3n) is 2.15. The Morgan fingerprint density at radius 1 is 1.58 bits per heavy atom. The summed E-state index contributed by atoms with van der Waals surface area (Å²) in [7, 11) is 0. The summed E-state index contributed by atoms with van der Waals surface area (Å²) in [4.78, 5) is 21.1. The largest absolute Gasteiger partial charge is 0.319 e. The Hall–Kier alpha value is -2.53. The van der Waals surface area contributed by atoms with Gasteiger partial charge in [-0.25, -0.2) is 8.78 Å². The van der Waals surface area contributed by atoms with E-state index in [4.69, 9.17) is 12.2 Å². The Bertz CT molecular complexity index is 569. The molecule has 0 bridgehead atoms. The van der Waals surface area contributed by atoms with Crippen LogP contribution in [0.3, 0.4) is 0 Å². The minimum absolute atomic E-state index is 0.123. The SMILES string of the molecule is C#CCC(N)C(=O)Nc1c(F)cc(F)cc1[N+](=O)[O-].